The smallest absolute Gasteiger partial charge is 0.269 e. The van der Waals surface area contributed by atoms with Gasteiger partial charge in [-0.05, 0) is 55.5 Å². The Labute approximate surface area is 222 Å². The molecule has 0 saturated heterocycles. The van der Waals surface area contributed by atoms with Crippen LogP contribution >= 0.6 is 11.3 Å². The van der Waals surface area contributed by atoms with Crippen LogP contribution in [-0.4, -0.2) is 39.2 Å². The molecular formula is C24H20N4O7S3. The fourth-order valence-corrected chi connectivity index (χ4v) is 7.37. The number of hydrogen-bond acceptors (Lipinski definition) is 9. The lowest BCUT2D eigenvalue weighted by molar-refractivity contribution is -0.384. The molecule has 4 aromatic rings. The highest BCUT2D eigenvalue weighted by Crippen LogP contribution is 2.30. The third kappa shape index (κ3) is 5.41. The zero-order chi connectivity index (χ0) is 27.5. The summed E-state index contributed by atoms with van der Waals surface area (Å²) in [6.45, 7) is 1.93. The molecule has 0 aliphatic carbocycles. The molecule has 1 aromatic heterocycles. The second-order valence-electron chi connectivity index (χ2n) is 7.72. The van der Waals surface area contributed by atoms with E-state index in [1.165, 1.54) is 28.6 Å². The van der Waals surface area contributed by atoms with Crippen LogP contribution in [0.1, 0.15) is 17.3 Å². The number of anilines is 2. The van der Waals surface area contributed by atoms with E-state index in [-0.39, 0.29) is 36.9 Å². The highest BCUT2D eigenvalue weighted by Gasteiger charge is 2.25. The Bertz CT molecular complexity index is 1690. The van der Waals surface area contributed by atoms with Gasteiger partial charge in [-0.3, -0.25) is 24.5 Å². The number of carbonyl (C=O) groups is 1. The molecule has 1 heterocycles. The van der Waals surface area contributed by atoms with Gasteiger partial charge in [0.05, 0.1) is 26.6 Å². The topological polar surface area (TPSA) is 157 Å². The highest BCUT2D eigenvalue weighted by molar-refractivity contribution is 7.93. The number of nitrogens with zero attached hydrogens (tertiary/aromatic N) is 3. The zero-order valence-corrected chi connectivity index (χ0v) is 22.2. The fraction of sp³-hybridized carbons (Fsp3) is 0.0833. The summed E-state index contributed by atoms with van der Waals surface area (Å²) in [6, 6.07) is 18.4. The van der Waals surface area contributed by atoms with Crippen LogP contribution < -0.4 is 9.62 Å². The van der Waals surface area contributed by atoms with E-state index in [1.54, 1.807) is 37.3 Å². The van der Waals surface area contributed by atoms with Gasteiger partial charge in [-0.2, -0.15) is 0 Å². The number of benzene rings is 3. The van der Waals surface area contributed by atoms with Gasteiger partial charge in [-0.1, -0.05) is 29.5 Å². The first-order chi connectivity index (χ1) is 18.0. The maximum Gasteiger partial charge on any atom is 0.269 e. The first kappa shape index (κ1) is 26.9. The molecule has 1 amide bonds. The number of non-ortho nitro benzene ring substituents is 1. The van der Waals surface area contributed by atoms with Crippen LogP contribution in [0.3, 0.4) is 0 Å². The van der Waals surface area contributed by atoms with Crippen molar-refractivity contribution in [2.45, 2.75) is 20.9 Å². The normalized spacial score (nSPS) is 11.6. The Hall–Kier alpha value is -4.14. The Morgan fingerprint density at radius 1 is 0.947 bits per heavy atom. The monoisotopic (exact) mass is 572 g/mol. The summed E-state index contributed by atoms with van der Waals surface area (Å²) in [7, 11) is -7.87. The number of aromatic nitrogens is 1. The molecule has 38 heavy (non-hydrogen) atoms. The molecule has 0 atom stereocenters. The largest absolute Gasteiger partial charge is 0.298 e. The zero-order valence-electron chi connectivity index (χ0n) is 19.7. The summed E-state index contributed by atoms with van der Waals surface area (Å²) >= 11 is 0.713. The molecule has 0 aliphatic rings. The van der Waals surface area contributed by atoms with Gasteiger partial charge in [0.15, 0.2) is 5.13 Å². The Balaban J connectivity index is 1.49. The molecule has 0 aliphatic heterocycles. The van der Waals surface area contributed by atoms with Gasteiger partial charge in [0.25, 0.3) is 21.6 Å². The van der Waals surface area contributed by atoms with Crippen LogP contribution in [-0.2, 0) is 19.9 Å². The third-order valence-electron chi connectivity index (χ3n) is 5.36. The Kier molecular flexibility index (Phi) is 7.57. The standard InChI is InChI=1S/C24H20N4O7S3/c1-2-27(18-6-4-3-5-7-18)38(34,35)21-12-8-17(9-13-21)23(29)26-24-25-16-22(36-24)37(32,33)20-14-10-19(11-15-20)28(30)31/h3-16H,2H2,1H3,(H,25,26,29). The van der Waals surface area contributed by atoms with E-state index in [9.17, 15) is 31.7 Å². The van der Waals surface area contributed by atoms with Gasteiger partial charge in [0, 0.05) is 24.2 Å². The summed E-state index contributed by atoms with van der Waals surface area (Å²) < 4.78 is 53.0. The molecule has 14 heteroatoms. The van der Waals surface area contributed by atoms with Crippen molar-refractivity contribution >= 4 is 53.6 Å². The van der Waals surface area contributed by atoms with E-state index in [4.69, 9.17) is 0 Å². The average Bonchev–Trinajstić information content (AvgIpc) is 3.39. The van der Waals surface area contributed by atoms with Gasteiger partial charge in [-0.15, -0.1) is 0 Å². The average molecular weight is 573 g/mol. The van der Waals surface area contributed by atoms with E-state index < -0.39 is 30.7 Å². The number of sulfonamides is 1. The van der Waals surface area contributed by atoms with Crippen LogP contribution in [0.25, 0.3) is 0 Å². The van der Waals surface area contributed by atoms with Crippen molar-refractivity contribution in [3.05, 3.63) is 101 Å². The maximum absolute atomic E-state index is 13.1. The number of thiazole rings is 1. The number of nitro groups is 1. The molecule has 4 rings (SSSR count). The van der Waals surface area contributed by atoms with Crippen LogP contribution in [0.5, 0.6) is 0 Å². The molecular weight excluding hydrogens is 552 g/mol. The molecule has 0 spiro atoms. The van der Waals surface area contributed by atoms with Gasteiger partial charge < -0.3 is 0 Å². The lowest BCUT2D eigenvalue weighted by Gasteiger charge is -2.22. The second-order valence-corrected chi connectivity index (χ2v) is 12.8. The number of carbonyl (C=O) groups excluding carboxylic acids is 1. The molecule has 1 N–H and O–H groups in total. The van der Waals surface area contributed by atoms with Crippen LogP contribution in [0, 0.1) is 10.1 Å². The van der Waals surface area contributed by atoms with Gasteiger partial charge >= 0.3 is 0 Å². The molecule has 11 nitrogen and oxygen atoms in total. The van der Waals surface area contributed by atoms with E-state index in [0.29, 0.717) is 17.0 Å². The van der Waals surface area contributed by atoms with E-state index in [0.717, 1.165) is 30.5 Å². The van der Waals surface area contributed by atoms with E-state index in [1.807, 2.05) is 0 Å². The lowest BCUT2D eigenvalue weighted by Crippen LogP contribution is -2.30. The number of nitro benzene ring substituents is 1. The van der Waals surface area contributed by atoms with Crippen molar-refractivity contribution < 1.29 is 26.6 Å². The third-order valence-corrected chi connectivity index (χ3v) is 10.4. The van der Waals surface area contributed by atoms with Crippen molar-refractivity contribution in [2.24, 2.45) is 0 Å². The first-order valence-corrected chi connectivity index (χ1v) is 14.7. The quantitative estimate of drug-likeness (QED) is 0.229. The van der Waals surface area contributed by atoms with Gasteiger partial charge in [0.1, 0.15) is 4.21 Å². The van der Waals surface area contributed by atoms with Gasteiger partial charge in [0.2, 0.25) is 9.84 Å². The van der Waals surface area contributed by atoms with Crippen molar-refractivity contribution in [1.82, 2.24) is 4.98 Å². The van der Waals surface area contributed by atoms with Crippen LogP contribution in [0.2, 0.25) is 0 Å². The van der Waals surface area contributed by atoms with E-state index in [2.05, 4.69) is 10.3 Å². The van der Waals surface area contributed by atoms with Crippen molar-refractivity contribution in [1.29, 1.82) is 0 Å². The summed E-state index contributed by atoms with van der Waals surface area (Å²) in [5.41, 5.74) is 0.407. The fourth-order valence-electron chi connectivity index (χ4n) is 3.46. The van der Waals surface area contributed by atoms with Crippen molar-refractivity contribution in [2.75, 3.05) is 16.2 Å². The minimum absolute atomic E-state index is 0.00507. The maximum atomic E-state index is 13.1. The lowest BCUT2D eigenvalue weighted by atomic mass is 10.2. The molecule has 0 unspecified atom stereocenters. The summed E-state index contributed by atoms with van der Waals surface area (Å²) in [5, 5.41) is 13.3. The molecule has 0 bridgehead atoms. The summed E-state index contributed by atoms with van der Waals surface area (Å²) in [5.74, 6) is -0.613. The van der Waals surface area contributed by atoms with Gasteiger partial charge in [-0.25, -0.2) is 21.8 Å². The minimum atomic E-state index is -4.01. The number of sulfone groups is 1. The number of amides is 1. The molecule has 0 fully saturated rings. The first-order valence-electron chi connectivity index (χ1n) is 11.0. The molecule has 0 saturated carbocycles. The Morgan fingerprint density at radius 2 is 1.55 bits per heavy atom. The molecule has 3 aromatic carbocycles. The number of hydrogen-bond donors (Lipinski definition) is 1. The number of para-hydroxylation sites is 1. The SMILES string of the molecule is CCN(c1ccccc1)S(=O)(=O)c1ccc(C(=O)Nc2ncc(S(=O)(=O)c3ccc([N+](=O)[O-])cc3)s2)cc1. The number of rotatable bonds is 9. The summed E-state index contributed by atoms with van der Waals surface area (Å²) in [6.07, 6.45) is 1.08. The van der Waals surface area contributed by atoms with Crippen LogP contribution in [0.4, 0.5) is 16.5 Å². The molecule has 0 radical (unpaired) electrons. The summed E-state index contributed by atoms with van der Waals surface area (Å²) in [4.78, 5) is 26.7. The highest BCUT2D eigenvalue weighted by atomic mass is 32.2. The predicted molar refractivity (Wildman–Crippen MR) is 142 cm³/mol. The Morgan fingerprint density at radius 3 is 2.13 bits per heavy atom. The van der Waals surface area contributed by atoms with E-state index >= 15 is 0 Å². The van der Waals surface area contributed by atoms with Crippen molar-refractivity contribution in [3.8, 4) is 0 Å². The minimum Gasteiger partial charge on any atom is -0.298 e. The van der Waals surface area contributed by atoms with Crippen LogP contribution in [0.15, 0.2) is 99.1 Å². The predicted octanol–water partition coefficient (Wildman–Crippen LogP) is 4.35. The second kappa shape index (κ2) is 10.7. The van der Waals surface area contributed by atoms with Crippen molar-refractivity contribution in [3.63, 3.8) is 0 Å². The molecule has 196 valence electrons. The number of nitrogens with one attached hydrogen (secondary N) is 1.